The first-order valence-corrected chi connectivity index (χ1v) is 20.0. The molecular formula is C54H32F6. The lowest BCUT2D eigenvalue weighted by atomic mass is 9.80. The van der Waals surface area contributed by atoms with Crippen LogP contribution in [0.1, 0.15) is 33.4 Å². The molecule has 10 aromatic rings. The highest BCUT2D eigenvalue weighted by molar-refractivity contribution is 6.38. The van der Waals surface area contributed by atoms with Gasteiger partial charge in [-0.3, -0.25) is 0 Å². The number of alkyl halides is 6. The Bertz CT molecular complexity index is 3320. The Labute approximate surface area is 340 Å². The summed E-state index contributed by atoms with van der Waals surface area (Å²) in [5.74, 6) is 0. The molecule has 2 aliphatic rings. The molecule has 10 aromatic carbocycles. The van der Waals surface area contributed by atoms with Gasteiger partial charge in [0.25, 0.3) is 0 Å². The first-order valence-electron chi connectivity index (χ1n) is 20.0. The Morgan fingerprint density at radius 2 is 0.617 bits per heavy atom. The van der Waals surface area contributed by atoms with Crippen molar-refractivity contribution < 1.29 is 26.3 Å². The first kappa shape index (κ1) is 35.3. The largest absolute Gasteiger partial charge is 0.416 e. The number of rotatable bonds is 2. The number of benzene rings is 10. The second-order valence-electron chi connectivity index (χ2n) is 17.0. The molecule has 0 heterocycles. The molecule has 0 saturated carbocycles. The van der Waals surface area contributed by atoms with E-state index in [1.54, 1.807) is 24.3 Å². The summed E-state index contributed by atoms with van der Waals surface area (Å²) in [6.45, 7) is 8.35. The van der Waals surface area contributed by atoms with Gasteiger partial charge in [0, 0.05) is 0 Å². The fraction of sp³-hybridized carbons (Fsp3) is 0.111. The predicted molar refractivity (Wildman–Crippen MR) is 234 cm³/mol. The van der Waals surface area contributed by atoms with Gasteiger partial charge in [-0.1, -0.05) is 72.8 Å². The molecule has 12 rings (SSSR count). The third-order valence-corrected chi connectivity index (χ3v) is 13.0. The fourth-order valence-corrected chi connectivity index (χ4v) is 10.7. The van der Waals surface area contributed by atoms with Gasteiger partial charge >= 0.3 is 12.4 Å². The second kappa shape index (κ2) is 11.5. The van der Waals surface area contributed by atoms with Crippen molar-refractivity contribution in [3.63, 3.8) is 0 Å². The molecule has 0 radical (unpaired) electrons. The minimum atomic E-state index is -4.49. The lowest BCUT2D eigenvalue weighted by molar-refractivity contribution is -0.138. The van der Waals surface area contributed by atoms with E-state index in [9.17, 15) is 26.3 Å². The van der Waals surface area contributed by atoms with Gasteiger partial charge in [-0.15, -0.1) is 0 Å². The molecule has 0 saturated heterocycles. The van der Waals surface area contributed by atoms with E-state index in [1.165, 1.54) is 0 Å². The van der Waals surface area contributed by atoms with Gasteiger partial charge in [0.05, 0.1) is 11.1 Å². The zero-order valence-electron chi connectivity index (χ0n) is 32.8. The summed E-state index contributed by atoms with van der Waals surface area (Å²) in [6.07, 6.45) is -8.98. The summed E-state index contributed by atoms with van der Waals surface area (Å²) in [4.78, 5) is 0. The highest BCUT2D eigenvalue weighted by Gasteiger charge is 2.34. The summed E-state index contributed by atoms with van der Waals surface area (Å²) in [5.41, 5.74) is 14.5. The van der Waals surface area contributed by atoms with Crippen molar-refractivity contribution >= 4 is 53.9 Å². The van der Waals surface area contributed by atoms with Crippen molar-refractivity contribution in [1.82, 2.24) is 0 Å². The van der Waals surface area contributed by atoms with Gasteiger partial charge in [-0.2, -0.15) is 26.3 Å². The molecule has 0 aromatic heterocycles. The van der Waals surface area contributed by atoms with Crippen LogP contribution in [0.25, 0.3) is 121 Å². The van der Waals surface area contributed by atoms with Crippen molar-refractivity contribution in [3.8, 4) is 66.8 Å². The van der Waals surface area contributed by atoms with Crippen molar-refractivity contribution in [2.45, 2.75) is 40.0 Å². The topological polar surface area (TPSA) is 0 Å². The van der Waals surface area contributed by atoms with E-state index in [-0.39, 0.29) is 0 Å². The van der Waals surface area contributed by atoms with E-state index in [0.717, 1.165) is 156 Å². The van der Waals surface area contributed by atoms with E-state index in [4.69, 9.17) is 0 Å². The predicted octanol–water partition coefficient (Wildman–Crippen LogP) is 16.8. The Morgan fingerprint density at radius 1 is 0.300 bits per heavy atom. The summed E-state index contributed by atoms with van der Waals surface area (Å²) in [7, 11) is 0. The van der Waals surface area contributed by atoms with E-state index in [0.29, 0.717) is 11.1 Å². The molecule has 0 spiro atoms. The molecule has 0 fully saturated rings. The highest BCUT2D eigenvalue weighted by atomic mass is 19.4. The summed E-state index contributed by atoms with van der Waals surface area (Å²) >= 11 is 0. The first-order chi connectivity index (χ1) is 28.6. The van der Waals surface area contributed by atoms with Gasteiger partial charge in [-0.05, 0) is 219 Å². The molecule has 0 amide bonds. The van der Waals surface area contributed by atoms with Crippen molar-refractivity contribution in [3.05, 3.63) is 155 Å². The highest BCUT2D eigenvalue weighted by Crippen LogP contribution is 2.59. The zero-order chi connectivity index (χ0) is 41.3. The average molecular weight is 795 g/mol. The quantitative estimate of drug-likeness (QED) is 0.121. The molecule has 290 valence electrons. The SMILES string of the molecule is Cc1cc2c3c(cc(C)cc3c1)-c1c-2cc2c(-c3ccc(C(F)(F)F)cc3)cc3c4c(cc5c(-c6ccc(C(F)(F)F)cc6)cc1c2c53)-c1cc(C)cc2cc(C)cc-4c12. The summed E-state index contributed by atoms with van der Waals surface area (Å²) in [5, 5.41) is 10.2. The van der Waals surface area contributed by atoms with Gasteiger partial charge in [-0.25, -0.2) is 0 Å². The van der Waals surface area contributed by atoms with Crippen LogP contribution in [-0.4, -0.2) is 0 Å². The summed E-state index contributed by atoms with van der Waals surface area (Å²) in [6, 6.07) is 37.3. The molecule has 0 bridgehead atoms. The van der Waals surface area contributed by atoms with Crippen LogP contribution in [0.3, 0.4) is 0 Å². The van der Waals surface area contributed by atoms with Crippen LogP contribution in [0.4, 0.5) is 26.3 Å². The molecule has 0 N–H and O–H groups in total. The maximum atomic E-state index is 14.0. The normalized spacial score (nSPS) is 13.2. The van der Waals surface area contributed by atoms with Crippen molar-refractivity contribution in [2.24, 2.45) is 0 Å². The number of hydrogen-bond acceptors (Lipinski definition) is 0. The van der Waals surface area contributed by atoms with Crippen molar-refractivity contribution in [1.29, 1.82) is 0 Å². The summed E-state index contributed by atoms with van der Waals surface area (Å²) < 4.78 is 83.9. The molecule has 60 heavy (non-hydrogen) atoms. The Hall–Kier alpha value is -6.66. The maximum Gasteiger partial charge on any atom is 0.416 e. The molecule has 0 nitrogen and oxygen atoms in total. The van der Waals surface area contributed by atoms with Crippen LogP contribution in [0.15, 0.2) is 121 Å². The lowest BCUT2D eigenvalue weighted by Gasteiger charge is -2.23. The van der Waals surface area contributed by atoms with Crippen LogP contribution in [-0.2, 0) is 12.4 Å². The van der Waals surface area contributed by atoms with Gasteiger partial charge in [0.1, 0.15) is 0 Å². The van der Waals surface area contributed by atoms with E-state index < -0.39 is 23.5 Å². The minimum absolute atomic E-state index is 0.661. The van der Waals surface area contributed by atoms with Crippen LogP contribution < -0.4 is 0 Å². The van der Waals surface area contributed by atoms with Crippen LogP contribution >= 0.6 is 0 Å². The van der Waals surface area contributed by atoms with Gasteiger partial charge in [0.15, 0.2) is 0 Å². The minimum Gasteiger partial charge on any atom is -0.166 e. The van der Waals surface area contributed by atoms with Crippen molar-refractivity contribution in [2.75, 3.05) is 0 Å². The zero-order valence-corrected chi connectivity index (χ0v) is 32.8. The fourth-order valence-electron chi connectivity index (χ4n) is 10.7. The van der Waals surface area contributed by atoms with E-state index in [2.05, 4.69) is 100 Å². The lowest BCUT2D eigenvalue weighted by Crippen LogP contribution is -2.04. The molecular weight excluding hydrogens is 763 g/mol. The molecule has 0 aliphatic heterocycles. The molecule has 0 atom stereocenters. The number of halogens is 6. The Kier molecular flexibility index (Phi) is 6.79. The monoisotopic (exact) mass is 794 g/mol. The Morgan fingerprint density at radius 3 is 0.950 bits per heavy atom. The Balaban J connectivity index is 1.31. The van der Waals surface area contributed by atoms with Gasteiger partial charge in [0.2, 0.25) is 0 Å². The maximum absolute atomic E-state index is 14.0. The third-order valence-electron chi connectivity index (χ3n) is 13.0. The van der Waals surface area contributed by atoms with Gasteiger partial charge < -0.3 is 0 Å². The van der Waals surface area contributed by atoms with Crippen LogP contribution in [0.5, 0.6) is 0 Å². The molecule has 6 heteroatoms. The number of fused-ring (bicyclic) bond motifs is 8. The van der Waals surface area contributed by atoms with E-state index in [1.807, 2.05) is 0 Å². The molecule has 2 aliphatic carbocycles. The van der Waals surface area contributed by atoms with Crippen LogP contribution in [0.2, 0.25) is 0 Å². The third kappa shape index (κ3) is 4.76. The number of hydrogen-bond donors (Lipinski definition) is 0. The average Bonchev–Trinajstić information content (AvgIpc) is 3.67. The number of aryl methyl sites for hydroxylation is 4. The second-order valence-corrected chi connectivity index (χ2v) is 17.0. The molecule has 0 unspecified atom stereocenters. The van der Waals surface area contributed by atoms with E-state index >= 15 is 0 Å². The van der Waals surface area contributed by atoms with Crippen LogP contribution in [0, 0.1) is 27.7 Å². The standard InChI is InChI=1S/C54H32F6/c1-25-13-31-15-27(3)19-43-47(31)37(17-25)41-23-39-35(29-5-9-33(10-6-29)53(55,56)57)22-46-50-42(38-18-26(2)14-32-16-28(4)20-44(50)48(32)38)24-40-36(21-45(49(41)43)51(39)52(40)46)30-7-11-34(12-8-30)54(58,59)60/h5-24H,1-4H3. The smallest absolute Gasteiger partial charge is 0.166 e.